The Morgan fingerprint density at radius 1 is 1.00 bits per heavy atom. The van der Waals surface area contributed by atoms with Gasteiger partial charge < -0.3 is 15.3 Å². The lowest BCUT2D eigenvalue weighted by Crippen LogP contribution is -2.28. The molecule has 0 radical (unpaired) electrons. The summed E-state index contributed by atoms with van der Waals surface area (Å²) in [6, 6.07) is 0. The maximum absolute atomic E-state index is 11.0. The molecule has 0 aliphatic heterocycles. The Bertz CT molecular complexity index is 319. The average Bonchev–Trinajstić information content (AvgIpc) is 2.10. The van der Waals surface area contributed by atoms with E-state index in [1.807, 2.05) is 0 Å². The van der Waals surface area contributed by atoms with Crippen molar-refractivity contribution in [3.05, 3.63) is 11.1 Å². The van der Waals surface area contributed by atoms with E-state index in [9.17, 15) is 14.7 Å². The summed E-state index contributed by atoms with van der Waals surface area (Å²) >= 11 is 5.71. The molecule has 0 aromatic carbocycles. The summed E-state index contributed by atoms with van der Waals surface area (Å²) in [5, 5.41) is 25.9. The first-order valence-electron chi connectivity index (χ1n) is 4.72. The summed E-state index contributed by atoms with van der Waals surface area (Å²) in [6.07, 6.45) is -1.14. The van der Waals surface area contributed by atoms with Crippen molar-refractivity contribution in [2.24, 2.45) is 5.92 Å². The predicted octanol–water partition coefficient (Wildman–Crippen LogP) is 1.10. The summed E-state index contributed by atoms with van der Waals surface area (Å²) in [6.45, 7) is 4.41. The molecule has 6 heteroatoms. The molecule has 0 aliphatic rings. The smallest absolute Gasteiger partial charge is 0.333 e. The highest BCUT2D eigenvalue weighted by Gasteiger charge is 2.30. The Morgan fingerprint density at radius 2 is 1.38 bits per heavy atom. The van der Waals surface area contributed by atoms with Gasteiger partial charge in [0.05, 0.1) is 22.6 Å². The number of halogens is 1. The van der Waals surface area contributed by atoms with Crippen LogP contribution in [0.3, 0.4) is 0 Å². The van der Waals surface area contributed by atoms with Gasteiger partial charge in [-0.1, -0.05) is 13.8 Å². The van der Waals surface area contributed by atoms with Gasteiger partial charge in [-0.2, -0.15) is 0 Å². The van der Waals surface area contributed by atoms with Gasteiger partial charge in [-0.3, -0.25) is 0 Å². The van der Waals surface area contributed by atoms with Crippen LogP contribution < -0.4 is 0 Å². The van der Waals surface area contributed by atoms with Gasteiger partial charge in [0.15, 0.2) is 0 Å². The molecule has 0 bridgehead atoms. The van der Waals surface area contributed by atoms with Gasteiger partial charge in [0.25, 0.3) is 0 Å². The van der Waals surface area contributed by atoms with E-state index in [-0.39, 0.29) is 5.57 Å². The van der Waals surface area contributed by atoms with E-state index >= 15 is 0 Å². The number of rotatable bonds is 5. The minimum Gasteiger partial charge on any atom is -0.478 e. The molecule has 0 aliphatic carbocycles. The van der Waals surface area contributed by atoms with Crippen molar-refractivity contribution in [3.63, 3.8) is 0 Å². The molecule has 0 saturated carbocycles. The van der Waals surface area contributed by atoms with Crippen LogP contribution in [0, 0.1) is 5.92 Å². The zero-order chi connectivity index (χ0) is 13.0. The Hall–Kier alpha value is -1.07. The minimum atomic E-state index is -1.42. The van der Waals surface area contributed by atoms with Crippen molar-refractivity contribution < 1.29 is 24.9 Å². The molecular weight excluding hydrogens is 236 g/mol. The fraction of sp³-hybridized carbons (Fsp3) is 0.600. The first kappa shape index (κ1) is 14.9. The fourth-order valence-corrected chi connectivity index (χ4v) is 1.51. The van der Waals surface area contributed by atoms with Gasteiger partial charge in [0.1, 0.15) is 0 Å². The molecule has 5 nitrogen and oxygen atoms in total. The average molecular weight is 251 g/mol. The summed E-state index contributed by atoms with van der Waals surface area (Å²) in [5.74, 6) is -3.26. The number of carboxylic acids is 2. The van der Waals surface area contributed by atoms with E-state index in [0.29, 0.717) is 0 Å². The van der Waals surface area contributed by atoms with Crippen LogP contribution >= 0.6 is 11.6 Å². The van der Waals surface area contributed by atoms with Gasteiger partial charge in [0, 0.05) is 0 Å². The Balaban J connectivity index is 5.69. The molecule has 0 rings (SSSR count). The quantitative estimate of drug-likeness (QED) is 0.502. The van der Waals surface area contributed by atoms with Crippen LogP contribution in [0.25, 0.3) is 0 Å². The van der Waals surface area contributed by atoms with E-state index in [4.69, 9.17) is 21.8 Å². The third-order valence-corrected chi connectivity index (χ3v) is 2.61. The third kappa shape index (κ3) is 3.50. The van der Waals surface area contributed by atoms with Crippen molar-refractivity contribution in [1.29, 1.82) is 0 Å². The fourth-order valence-electron chi connectivity index (χ4n) is 1.30. The van der Waals surface area contributed by atoms with E-state index in [0.717, 1.165) is 0 Å². The molecule has 0 fully saturated rings. The zero-order valence-electron chi connectivity index (χ0n) is 9.27. The lowest BCUT2D eigenvalue weighted by atomic mass is 9.93. The first-order chi connectivity index (χ1) is 7.20. The highest BCUT2D eigenvalue weighted by Crippen LogP contribution is 2.23. The number of carboxylic acid groups (broad SMARTS) is 2. The predicted molar refractivity (Wildman–Crippen MR) is 58.5 cm³/mol. The summed E-state index contributed by atoms with van der Waals surface area (Å²) < 4.78 is 0. The maximum atomic E-state index is 11.0. The van der Waals surface area contributed by atoms with Gasteiger partial charge in [-0.05, 0) is 12.8 Å². The molecule has 3 N–H and O–H groups in total. The lowest BCUT2D eigenvalue weighted by molar-refractivity contribution is -0.136. The standard InChI is InChI=1S/C10H15ClO5/c1-4(2)6(9(13)14)7(10(15)16)8(11)5(3)12/h4-5,8,12H,1-3H3,(H,13,14)(H,15,16)/b7-6-. The second-order valence-corrected chi connectivity index (χ2v) is 4.20. The van der Waals surface area contributed by atoms with E-state index < -0.39 is 34.9 Å². The van der Waals surface area contributed by atoms with Crippen molar-refractivity contribution in [1.82, 2.24) is 0 Å². The first-order valence-corrected chi connectivity index (χ1v) is 5.16. The van der Waals surface area contributed by atoms with Crippen LogP contribution in [-0.4, -0.2) is 38.7 Å². The second-order valence-electron chi connectivity index (χ2n) is 3.73. The number of carbonyl (C=O) groups is 2. The molecule has 0 aromatic heterocycles. The van der Waals surface area contributed by atoms with Gasteiger partial charge >= 0.3 is 11.9 Å². The molecule has 16 heavy (non-hydrogen) atoms. The molecule has 0 aromatic rings. The molecule has 0 spiro atoms. The molecule has 0 heterocycles. The van der Waals surface area contributed by atoms with Crippen molar-refractivity contribution in [2.45, 2.75) is 32.3 Å². The number of aliphatic carboxylic acids is 2. The zero-order valence-corrected chi connectivity index (χ0v) is 10.0. The van der Waals surface area contributed by atoms with Crippen LogP contribution in [0.2, 0.25) is 0 Å². The van der Waals surface area contributed by atoms with Crippen LogP contribution in [-0.2, 0) is 9.59 Å². The van der Waals surface area contributed by atoms with E-state index in [1.165, 1.54) is 6.92 Å². The molecule has 92 valence electrons. The van der Waals surface area contributed by atoms with Gasteiger partial charge in [0.2, 0.25) is 0 Å². The molecule has 2 atom stereocenters. The number of hydrogen-bond donors (Lipinski definition) is 3. The highest BCUT2D eigenvalue weighted by molar-refractivity contribution is 6.26. The normalized spacial score (nSPS) is 16.6. The Morgan fingerprint density at radius 3 is 1.56 bits per heavy atom. The Labute approximate surface area is 98.3 Å². The van der Waals surface area contributed by atoms with Gasteiger partial charge in [-0.15, -0.1) is 11.6 Å². The maximum Gasteiger partial charge on any atom is 0.333 e. The van der Waals surface area contributed by atoms with Crippen molar-refractivity contribution in [3.8, 4) is 0 Å². The van der Waals surface area contributed by atoms with E-state index in [2.05, 4.69) is 0 Å². The van der Waals surface area contributed by atoms with E-state index in [1.54, 1.807) is 13.8 Å². The topological polar surface area (TPSA) is 94.8 Å². The summed E-state index contributed by atoms with van der Waals surface area (Å²) in [4.78, 5) is 21.9. The highest BCUT2D eigenvalue weighted by atomic mass is 35.5. The van der Waals surface area contributed by atoms with Crippen LogP contribution in [0.4, 0.5) is 0 Å². The second kappa shape index (κ2) is 5.86. The largest absolute Gasteiger partial charge is 0.478 e. The monoisotopic (exact) mass is 250 g/mol. The number of aliphatic hydroxyl groups excluding tert-OH is 1. The molecule has 0 saturated heterocycles. The number of alkyl halides is 1. The van der Waals surface area contributed by atoms with Crippen LogP contribution in [0.1, 0.15) is 20.8 Å². The van der Waals surface area contributed by atoms with Crippen LogP contribution in [0.15, 0.2) is 11.1 Å². The molecular formula is C10H15ClO5. The lowest BCUT2D eigenvalue weighted by Gasteiger charge is -2.18. The van der Waals surface area contributed by atoms with Crippen LogP contribution in [0.5, 0.6) is 0 Å². The molecule has 2 unspecified atom stereocenters. The summed E-state index contributed by atoms with van der Waals surface area (Å²) in [7, 11) is 0. The summed E-state index contributed by atoms with van der Waals surface area (Å²) in [5.41, 5.74) is -0.743. The van der Waals surface area contributed by atoms with Crippen molar-refractivity contribution in [2.75, 3.05) is 0 Å². The SMILES string of the molecule is CC(C)/C(C(=O)O)=C(/C(=O)O)C(Cl)C(C)O. The van der Waals surface area contributed by atoms with Crippen molar-refractivity contribution >= 4 is 23.5 Å². The number of aliphatic hydroxyl groups is 1. The number of hydrogen-bond acceptors (Lipinski definition) is 3. The third-order valence-electron chi connectivity index (χ3n) is 2.03. The molecule has 0 amide bonds. The van der Waals surface area contributed by atoms with Gasteiger partial charge in [-0.25, -0.2) is 9.59 Å². The Kier molecular flexibility index (Phi) is 5.47. The minimum absolute atomic E-state index is 0.284.